The molecule has 0 aromatic carbocycles. The van der Waals surface area contributed by atoms with Crippen LogP contribution in [0.4, 0.5) is 3.89 Å². The van der Waals surface area contributed by atoms with Crippen LogP contribution in [0.15, 0.2) is 18.5 Å². The highest BCUT2D eigenvalue weighted by molar-refractivity contribution is 7.81. The molecular formula is C12H15FN2O5S. The maximum Gasteiger partial charge on any atom is 0.488 e. The first-order chi connectivity index (χ1) is 9.83. The maximum atomic E-state index is 12.4. The summed E-state index contributed by atoms with van der Waals surface area (Å²) in [6, 6.07) is 1.08. The number of carbonyl (C=O) groups is 1. The van der Waals surface area contributed by atoms with Gasteiger partial charge in [-0.15, -0.1) is 0 Å². The number of rotatable bonds is 4. The van der Waals surface area contributed by atoms with Gasteiger partial charge >= 0.3 is 10.5 Å². The third kappa shape index (κ3) is 4.94. The van der Waals surface area contributed by atoms with Gasteiger partial charge in [-0.25, -0.2) is 0 Å². The number of amides is 1. The number of hydrogen-bond donors (Lipinski definition) is 1. The van der Waals surface area contributed by atoms with Gasteiger partial charge in [-0.3, -0.25) is 9.78 Å². The number of pyridine rings is 1. The van der Waals surface area contributed by atoms with Crippen molar-refractivity contribution in [2.24, 2.45) is 0 Å². The monoisotopic (exact) mass is 318 g/mol. The lowest BCUT2D eigenvalue weighted by atomic mass is 10.0. The molecule has 2 atom stereocenters. The van der Waals surface area contributed by atoms with Crippen molar-refractivity contribution in [3.8, 4) is 5.75 Å². The van der Waals surface area contributed by atoms with E-state index in [1.165, 1.54) is 6.20 Å². The lowest BCUT2D eigenvalue weighted by Gasteiger charge is -2.27. The van der Waals surface area contributed by atoms with Crippen molar-refractivity contribution in [3.63, 3.8) is 0 Å². The van der Waals surface area contributed by atoms with Crippen molar-refractivity contribution < 1.29 is 26.0 Å². The lowest BCUT2D eigenvalue weighted by molar-refractivity contribution is 0.0136. The second-order valence-corrected chi connectivity index (χ2v) is 5.71. The predicted octanol–water partition coefficient (Wildman–Crippen LogP) is 0.972. The smallest absolute Gasteiger partial charge is 0.378 e. The van der Waals surface area contributed by atoms with E-state index in [1.807, 2.05) is 6.92 Å². The van der Waals surface area contributed by atoms with Gasteiger partial charge in [-0.05, 0) is 25.8 Å². The second-order valence-electron chi connectivity index (χ2n) is 4.76. The number of halogens is 1. The molecule has 1 N–H and O–H groups in total. The zero-order valence-electron chi connectivity index (χ0n) is 11.3. The fraction of sp³-hybridized carbons (Fsp3) is 0.500. The summed E-state index contributed by atoms with van der Waals surface area (Å²) in [6.45, 7) is 2.48. The van der Waals surface area contributed by atoms with Gasteiger partial charge in [-0.2, -0.15) is 8.42 Å². The van der Waals surface area contributed by atoms with E-state index in [0.717, 1.165) is 12.3 Å². The Kier molecular flexibility index (Phi) is 4.73. The van der Waals surface area contributed by atoms with Gasteiger partial charge in [-0.1, -0.05) is 3.89 Å². The highest BCUT2D eigenvalue weighted by atomic mass is 32.3. The van der Waals surface area contributed by atoms with E-state index in [1.54, 1.807) is 0 Å². The molecule has 1 saturated heterocycles. The summed E-state index contributed by atoms with van der Waals surface area (Å²) in [5, 5.41) is 2.80. The summed E-state index contributed by atoms with van der Waals surface area (Å²) >= 11 is 0. The Hall–Kier alpha value is -1.74. The summed E-state index contributed by atoms with van der Waals surface area (Å²) in [7, 11) is -5.14. The third-order valence-electron chi connectivity index (χ3n) is 2.99. The third-order valence-corrected chi connectivity index (χ3v) is 3.38. The molecule has 9 heteroatoms. The Morgan fingerprint density at radius 1 is 1.52 bits per heavy atom. The predicted molar refractivity (Wildman–Crippen MR) is 70.8 cm³/mol. The average molecular weight is 318 g/mol. The van der Waals surface area contributed by atoms with Crippen molar-refractivity contribution >= 4 is 16.4 Å². The van der Waals surface area contributed by atoms with E-state index in [2.05, 4.69) is 14.5 Å². The number of carbonyl (C=O) groups excluding carboxylic acids is 1. The van der Waals surface area contributed by atoms with Gasteiger partial charge in [0.15, 0.2) is 5.75 Å². The van der Waals surface area contributed by atoms with Gasteiger partial charge in [0.1, 0.15) is 0 Å². The first-order valence-electron chi connectivity index (χ1n) is 6.35. The maximum absolute atomic E-state index is 12.4. The minimum Gasteiger partial charge on any atom is -0.378 e. The van der Waals surface area contributed by atoms with Crippen molar-refractivity contribution in [1.29, 1.82) is 0 Å². The minimum absolute atomic E-state index is 0.0317. The Morgan fingerprint density at radius 3 is 2.95 bits per heavy atom. The van der Waals surface area contributed by atoms with Gasteiger partial charge < -0.3 is 14.2 Å². The summed E-state index contributed by atoms with van der Waals surface area (Å²) in [5.41, 5.74) is 0.0929. The van der Waals surface area contributed by atoms with E-state index in [4.69, 9.17) is 4.74 Å². The second kappa shape index (κ2) is 6.35. The molecule has 0 aliphatic carbocycles. The number of nitrogens with zero attached hydrogens (tertiary/aromatic N) is 1. The lowest BCUT2D eigenvalue weighted by Crippen LogP contribution is -2.41. The molecule has 1 fully saturated rings. The average Bonchev–Trinajstić information content (AvgIpc) is 2.37. The summed E-state index contributed by atoms with van der Waals surface area (Å²) in [4.78, 5) is 15.7. The molecule has 1 aromatic heterocycles. The molecule has 1 aliphatic heterocycles. The molecule has 7 nitrogen and oxygen atoms in total. The summed E-state index contributed by atoms with van der Waals surface area (Å²) < 4.78 is 42.7. The molecule has 2 rings (SSSR count). The van der Waals surface area contributed by atoms with Crippen molar-refractivity contribution in [3.05, 3.63) is 24.0 Å². The standard InChI is InChI=1S/C12H15FN2O5S/c1-8-4-10(2-3-19-8)15-12(16)9-5-11(7-14-6-9)20-21(13,17)18/h5-8,10H,2-4H2,1H3,(H,15,16). The van der Waals surface area contributed by atoms with Crippen LogP contribution in [0.25, 0.3) is 0 Å². The molecule has 0 bridgehead atoms. The van der Waals surface area contributed by atoms with E-state index in [0.29, 0.717) is 19.4 Å². The molecule has 2 heterocycles. The van der Waals surface area contributed by atoms with Crippen LogP contribution in [-0.4, -0.2) is 38.1 Å². The van der Waals surface area contributed by atoms with Crippen LogP contribution in [0.1, 0.15) is 30.1 Å². The molecule has 0 spiro atoms. The van der Waals surface area contributed by atoms with E-state index >= 15 is 0 Å². The fourth-order valence-electron chi connectivity index (χ4n) is 2.10. The van der Waals surface area contributed by atoms with Gasteiger partial charge in [0, 0.05) is 18.8 Å². The van der Waals surface area contributed by atoms with Gasteiger partial charge in [0.05, 0.1) is 17.9 Å². The Labute approximate surface area is 121 Å². The first kappa shape index (κ1) is 15.6. The molecule has 0 radical (unpaired) electrons. The Morgan fingerprint density at radius 2 is 2.29 bits per heavy atom. The molecule has 1 aromatic rings. The number of ether oxygens (including phenoxy) is 1. The largest absolute Gasteiger partial charge is 0.488 e. The van der Waals surface area contributed by atoms with E-state index in [-0.39, 0.29) is 23.5 Å². The van der Waals surface area contributed by atoms with Crippen LogP contribution in [-0.2, 0) is 15.2 Å². The minimum atomic E-state index is -5.14. The molecule has 1 amide bonds. The summed E-state index contributed by atoms with van der Waals surface area (Å²) in [5.74, 6) is -0.784. The van der Waals surface area contributed by atoms with Crippen LogP contribution < -0.4 is 9.50 Å². The molecule has 116 valence electrons. The topological polar surface area (TPSA) is 94.6 Å². The highest BCUT2D eigenvalue weighted by Gasteiger charge is 2.22. The van der Waals surface area contributed by atoms with Crippen LogP contribution in [0.2, 0.25) is 0 Å². The van der Waals surface area contributed by atoms with Crippen molar-refractivity contribution in [2.45, 2.75) is 31.9 Å². The number of aromatic nitrogens is 1. The van der Waals surface area contributed by atoms with Gasteiger partial charge in [0.25, 0.3) is 5.91 Å². The number of hydrogen-bond acceptors (Lipinski definition) is 6. The zero-order valence-corrected chi connectivity index (χ0v) is 12.1. The Balaban J connectivity index is 2.03. The van der Waals surface area contributed by atoms with Crippen LogP contribution in [0, 0.1) is 0 Å². The van der Waals surface area contributed by atoms with Crippen LogP contribution >= 0.6 is 0 Å². The van der Waals surface area contributed by atoms with Crippen molar-refractivity contribution in [1.82, 2.24) is 10.3 Å². The van der Waals surface area contributed by atoms with Crippen LogP contribution in [0.5, 0.6) is 5.75 Å². The quantitative estimate of drug-likeness (QED) is 0.831. The highest BCUT2D eigenvalue weighted by Crippen LogP contribution is 2.16. The molecule has 2 unspecified atom stereocenters. The molecule has 0 saturated carbocycles. The first-order valence-corrected chi connectivity index (χ1v) is 7.66. The number of nitrogens with one attached hydrogen (secondary N) is 1. The van der Waals surface area contributed by atoms with Crippen molar-refractivity contribution in [2.75, 3.05) is 6.61 Å². The van der Waals surface area contributed by atoms with E-state index < -0.39 is 16.4 Å². The fourth-order valence-corrected chi connectivity index (χ4v) is 2.42. The molecule has 1 aliphatic rings. The zero-order chi connectivity index (χ0) is 15.5. The SMILES string of the molecule is CC1CC(NC(=O)c2cncc(OS(=O)(=O)F)c2)CCO1. The molecular weight excluding hydrogens is 303 g/mol. The summed E-state index contributed by atoms with van der Waals surface area (Å²) in [6.07, 6.45) is 3.70. The molecule has 21 heavy (non-hydrogen) atoms. The van der Waals surface area contributed by atoms with E-state index in [9.17, 15) is 17.1 Å². The van der Waals surface area contributed by atoms with Crippen LogP contribution in [0.3, 0.4) is 0 Å². The Bertz CT molecular complexity index is 622. The normalized spacial score (nSPS) is 22.6. The van der Waals surface area contributed by atoms with Gasteiger partial charge in [0.2, 0.25) is 0 Å².